The summed E-state index contributed by atoms with van der Waals surface area (Å²) < 4.78 is 36.8. The van der Waals surface area contributed by atoms with Gasteiger partial charge in [-0.1, -0.05) is 32.8 Å². The quantitative estimate of drug-likeness (QED) is 0.299. The maximum absolute atomic E-state index is 14.6. The number of esters is 1. The third-order valence-corrected chi connectivity index (χ3v) is 4.95. The smallest absolute Gasteiger partial charge is 0.343 e. The van der Waals surface area contributed by atoms with Crippen molar-refractivity contribution in [2.45, 2.75) is 45.8 Å². The molecule has 0 unspecified atom stereocenters. The maximum atomic E-state index is 14.6. The summed E-state index contributed by atoms with van der Waals surface area (Å²) in [5.74, 6) is 0.240. The van der Waals surface area contributed by atoms with E-state index in [2.05, 4.69) is 13.8 Å². The molecule has 0 bridgehead atoms. The van der Waals surface area contributed by atoms with Gasteiger partial charge < -0.3 is 18.9 Å². The molecule has 30 heavy (non-hydrogen) atoms. The van der Waals surface area contributed by atoms with Gasteiger partial charge in [-0.05, 0) is 49.2 Å². The Morgan fingerprint density at radius 1 is 1.03 bits per heavy atom. The molecular weight excluding hydrogens is 387 g/mol. The molecule has 162 valence electrons. The van der Waals surface area contributed by atoms with E-state index in [1.807, 2.05) is 0 Å². The van der Waals surface area contributed by atoms with E-state index in [0.717, 1.165) is 31.7 Å². The van der Waals surface area contributed by atoms with Crippen LogP contribution in [0.3, 0.4) is 0 Å². The average Bonchev–Trinajstić information content (AvgIpc) is 2.76. The van der Waals surface area contributed by atoms with E-state index < -0.39 is 18.1 Å². The number of carbonyl (C=O) groups is 1. The molecule has 0 N–H and O–H groups in total. The number of hydrogen-bond donors (Lipinski definition) is 0. The SMILES string of the molecule is CCCCOc1ccc(OC(=O)c2ccc(C3OCC(CCC)CO3)c(F)c2)cc1. The standard InChI is InChI=1S/C24H29FO5/c1-3-5-13-27-19-8-10-20(11-9-19)30-23(26)18-7-12-21(22(25)14-18)24-28-15-17(6-4-2)16-29-24/h7-12,14,17,24H,3-6,13,15-16H2,1-2H3. The van der Waals surface area contributed by atoms with Crippen molar-refractivity contribution in [2.75, 3.05) is 19.8 Å². The molecule has 0 saturated carbocycles. The molecule has 1 aliphatic rings. The van der Waals surface area contributed by atoms with E-state index in [1.54, 1.807) is 24.3 Å². The van der Waals surface area contributed by atoms with Crippen LogP contribution in [0.2, 0.25) is 0 Å². The van der Waals surface area contributed by atoms with Crippen LogP contribution in [0.1, 0.15) is 61.7 Å². The molecule has 0 atom stereocenters. The van der Waals surface area contributed by atoms with Crippen molar-refractivity contribution in [3.05, 3.63) is 59.4 Å². The minimum absolute atomic E-state index is 0.124. The Morgan fingerprint density at radius 3 is 2.37 bits per heavy atom. The lowest BCUT2D eigenvalue weighted by Gasteiger charge is -2.29. The van der Waals surface area contributed by atoms with Gasteiger partial charge in [-0.2, -0.15) is 0 Å². The van der Waals surface area contributed by atoms with Crippen molar-refractivity contribution in [3.63, 3.8) is 0 Å². The first kappa shape index (κ1) is 22.2. The second-order valence-corrected chi connectivity index (χ2v) is 7.45. The zero-order valence-electron chi connectivity index (χ0n) is 17.6. The van der Waals surface area contributed by atoms with Crippen molar-refractivity contribution >= 4 is 5.97 Å². The van der Waals surface area contributed by atoms with E-state index in [9.17, 15) is 9.18 Å². The third kappa shape index (κ3) is 6.03. The van der Waals surface area contributed by atoms with E-state index in [1.165, 1.54) is 12.1 Å². The van der Waals surface area contributed by atoms with Crippen LogP contribution in [0, 0.1) is 11.7 Å². The molecule has 3 rings (SSSR count). The van der Waals surface area contributed by atoms with Gasteiger partial charge in [-0.3, -0.25) is 0 Å². The van der Waals surface area contributed by atoms with Gasteiger partial charge >= 0.3 is 5.97 Å². The monoisotopic (exact) mass is 416 g/mol. The van der Waals surface area contributed by atoms with Crippen LogP contribution in [-0.4, -0.2) is 25.8 Å². The Kier molecular flexibility index (Phi) is 8.22. The lowest BCUT2D eigenvalue weighted by molar-refractivity contribution is -0.207. The van der Waals surface area contributed by atoms with Crippen molar-refractivity contribution < 1.29 is 28.1 Å². The fraction of sp³-hybridized carbons (Fsp3) is 0.458. The molecular formula is C24H29FO5. The second-order valence-electron chi connectivity index (χ2n) is 7.45. The minimum Gasteiger partial charge on any atom is -0.494 e. The van der Waals surface area contributed by atoms with Crippen molar-refractivity contribution in [1.82, 2.24) is 0 Å². The molecule has 6 heteroatoms. The van der Waals surface area contributed by atoms with Crippen LogP contribution in [-0.2, 0) is 9.47 Å². The lowest BCUT2D eigenvalue weighted by atomic mass is 10.0. The van der Waals surface area contributed by atoms with Gasteiger partial charge in [0.05, 0.1) is 25.4 Å². The molecule has 1 saturated heterocycles. The predicted octanol–water partition coefficient (Wildman–Crippen LogP) is 5.69. The first-order valence-electron chi connectivity index (χ1n) is 10.6. The molecule has 1 heterocycles. The molecule has 2 aromatic carbocycles. The van der Waals surface area contributed by atoms with Crippen LogP contribution in [0.4, 0.5) is 4.39 Å². The predicted molar refractivity (Wildman–Crippen MR) is 111 cm³/mol. The number of ether oxygens (including phenoxy) is 4. The van der Waals surface area contributed by atoms with E-state index >= 15 is 0 Å². The molecule has 1 aliphatic heterocycles. The van der Waals surface area contributed by atoms with E-state index in [0.29, 0.717) is 37.2 Å². The normalized spacial score (nSPS) is 18.8. The van der Waals surface area contributed by atoms with Crippen LogP contribution < -0.4 is 9.47 Å². The number of hydrogen-bond acceptors (Lipinski definition) is 5. The molecule has 0 aliphatic carbocycles. The molecule has 2 aromatic rings. The maximum Gasteiger partial charge on any atom is 0.343 e. The molecule has 1 fully saturated rings. The van der Waals surface area contributed by atoms with Crippen LogP contribution in [0.15, 0.2) is 42.5 Å². The largest absolute Gasteiger partial charge is 0.494 e. The Balaban J connectivity index is 1.57. The third-order valence-electron chi connectivity index (χ3n) is 4.95. The van der Waals surface area contributed by atoms with Gasteiger partial charge in [-0.15, -0.1) is 0 Å². The first-order valence-corrected chi connectivity index (χ1v) is 10.6. The number of rotatable bonds is 9. The van der Waals surface area contributed by atoms with Crippen molar-refractivity contribution in [2.24, 2.45) is 5.92 Å². The number of unbranched alkanes of at least 4 members (excludes halogenated alkanes) is 1. The highest BCUT2D eigenvalue weighted by atomic mass is 19.1. The summed E-state index contributed by atoms with van der Waals surface area (Å²) in [6.45, 7) is 5.94. The number of carbonyl (C=O) groups excluding carboxylic acids is 1. The van der Waals surface area contributed by atoms with Gasteiger partial charge in [0.15, 0.2) is 6.29 Å². The van der Waals surface area contributed by atoms with Gasteiger partial charge in [0.25, 0.3) is 0 Å². The van der Waals surface area contributed by atoms with Crippen molar-refractivity contribution in [1.29, 1.82) is 0 Å². The Bertz CT molecular complexity index is 813. The second kappa shape index (κ2) is 11.1. The lowest BCUT2D eigenvalue weighted by Crippen LogP contribution is -2.27. The summed E-state index contributed by atoms with van der Waals surface area (Å²) in [5.41, 5.74) is 0.411. The number of halogens is 1. The zero-order chi connectivity index (χ0) is 21.3. The fourth-order valence-electron chi connectivity index (χ4n) is 3.25. The topological polar surface area (TPSA) is 54.0 Å². The zero-order valence-corrected chi connectivity index (χ0v) is 17.6. The summed E-state index contributed by atoms with van der Waals surface area (Å²) in [4.78, 5) is 12.4. The number of benzene rings is 2. The fourth-order valence-corrected chi connectivity index (χ4v) is 3.25. The van der Waals surface area contributed by atoms with Crippen LogP contribution in [0.25, 0.3) is 0 Å². The minimum atomic E-state index is -0.747. The summed E-state index contributed by atoms with van der Waals surface area (Å²) >= 11 is 0. The van der Waals surface area contributed by atoms with Gasteiger partial charge in [-0.25, -0.2) is 9.18 Å². The molecule has 5 nitrogen and oxygen atoms in total. The highest BCUT2D eigenvalue weighted by Crippen LogP contribution is 2.29. The van der Waals surface area contributed by atoms with E-state index in [-0.39, 0.29) is 11.1 Å². The van der Waals surface area contributed by atoms with Crippen LogP contribution >= 0.6 is 0 Å². The highest BCUT2D eigenvalue weighted by molar-refractivity contribution is 5.91. The van der Waals surface area contributed by atoms with E-state index in [4.69, 9.17) is 18.9 Å². The van der Waals surface area contributed by atoms with Crippen LogP contribution in [0.5, 0.6) is 11.5 Å². The highest BCUT2D eigenvalue weighted by Gasteiger charge is 2.26. The molecule has 0 aromatic heterocycles. The molecule has 0 radical (unpaired) electrons. The van der Waals surface area contributed by atoms with Crippen molar-refractivity contribution in [3.8, 4) is 11.5 Å². The summed E-state index contributed by atoms with van der Waals surface area (Å²) in [5, 5.41) is 0. The Hall–Kier alpha value is -2.44. The first-order chi connectivity index (χ1) is 14.6. The van der Waals surface area contributed by atoms with Gasteiger partial charge in [0, 0.05) is 11.5 Å². The molecule has 0 amide bonds. The summed E-state index contributed by atoms with van der Waals surface area (Å²) in [6, 6.07) is 11.0. The van der Waals surface area contributed by atoms with Gasteiger partial charge in [0.1, 0.15) is 17.3 Å². The Labute approximate surface area is 177 Å². The average molecular weight is 416 g/mol. The summed E-state index contributed by atoms with van der Waals surface area (Å²) in [6.07, 6.45) is 3.37. The summed E-state index contributed by atoms with van der Waals surface area (Å²) in [7, 11) is 0. The van der Waals surface area contributed by atoms with Gasteiger partial charge in [0.2, 0.25) is 0 Å². The molecule has 0 spiro atoms. The Morgan fingerprint density at radius 2 is 1.73 bits per heavy atom.